The highest BCUT2D eigenvalue weighted by Gasteiger charge is 2.27. The van der Waals surface area contributed by atoms with E-state index >= 15 is 0 Å². The van der Waals surface area contributed by atoms with Crippen molar-refractivity contribution in [2.45, 2.75) is 31.2 Å². The topological polar surface area (TPSA) is 84.5 Å². The average molecular weight is 457 g/mol. The molecule has 6 nitrogen and oxygen atoms in total. The van der Waals surface area contributed by atoms with Crippen molar-refractivity contribution < 1.29 is 22.3 Å². The fourth-order valence-electron chi connectivity index (χ4n) is 3.20. The molecule has 0 unspecified atom stereocenters. The molecule has 3 aromatic carbocycles. The summed E-state index contributed by atoms with van der Waals surface area (Å²) in [4.78, 5) is 13.0. The Morgan fingerprint density at radius 2 is 1.78 bits per heavy atom. The zero-order valence-corrected chi connectivity index (χ0v) is 18.7. The zero-order chi connectivity index (χ0) is 23.1. The summed E-state index contributed by atoms with van der Waals surface area (Å²) < 4.78 is 47.6. The predicted octanol–water partition coefficient (Wildman–Crippen LogP) is 4.06. The molecule has 3 rings (SSSR count). The maximum atomic E-state index is 13.5. The van der Waals surface area contributed by atoms with Crippen molar-refractivity contribution in [1.82, 2.24) is 4.72 Å². The third-order valence-electron chi connectivity index (χ3n) is 4.75. The number of hydrogen-bond acceptors (Lipinski definition) is 4. The maximum Gasteiger partial charge on any atom is 0.242 e. The Morgan fingerprint density at radius 3 is 2.44 bits per heavy atom. The van der Waals surface area contributed by atoms with Crippen LogP contribution in [0, 0.1) is 12.7 Å². The van der Waals surface area contributed by atoms with Crippen molar-refractivity contribution in [3.63, 3.8) is 0 Å². The second kappa shape index (κ2) is 10.4. The van der Waals surface area contributed by atoms with Crippen molar-refractivity contribution >= 4 is 21.6 Å². The predicted molar refractivity (Wildman–Crippen MR) is 122 cm³/mol. The van der Waals surface area contributed by atoms with E-state index < -0.39 is 27.8 Å². The van der Waals surface area contributed by atoms with Gasteiger partial charge in [-0.3, -0.25) is 4.79 Å². The average Bonchev–Trinajstić information content (AvgIpc) is 2.75. The number of rotatable bonds is 9. The molecule has 0 fully saturated rings. The molecular formula is C24H25FN2O4S. The van der Waals surface area contributed by atoms with Gasteiger partial charge in [-0.25, -0.2) is 12.8 Å². The first-order valence-corrected chi connectivity index (χ1v) is 11.6. The van der Waals surface area contributed by atoms with Crippen LogP contribution in [-0.2, 0) is 21.2 Å². The first-order valence-electron chi connectivity index (χ1n) is 10.1. The molecule has 0 bridgehead atoms. The summed E-state index contributed by atoms with van der Waals surface area (Å²) in [6, 6.07) is 17.9. The fraction of sp³-hybridized carbons (Fsp3) is 0.208. The molecule has 0 saturated carbocycles. The van der Waals surface area contributed by atoms with E-state index in [9.17, 15) is 17.6 Å². The SMILES string of the molecule is CCOc1ccc(S(=O)(=O)N[C@H](Cc2ccccc2)C(=O)Nc2cccc(F)c2)cc1C. The molecule has 0 aliphatic rings. The van der Waals surface area contributed by atoms with Crippen molar-refractivity contribution in [2.75, 3.05) is 11.9 Å². The smallest absolute Gasteiger partial charge is 0.242 e. The number of hydrogen-bond donors (Lipinski definition) is 2. The van der Waals surface area contributed by atoms with Gasteiger partial charge in [0.1, 0.15) is 17.6 Å². The number of anilines is 1. The molecule has 0 spiro atoms. The first-order chi connectivity index (χ1) is 15.3. The van der Waals surface area contributed by atoms with Crippen LogP contribution in [0.2, 0.25) is 0 Å². The number of carbonyl (C=O) groups is 1. The van der Waals surface area contributed by atoms with Crippen LogP contribution in [0.3, 0.4) is 0 Å². The van der Waals surface area contributed by atoms with Gasteiger partial charge in [0.05, 0.1) is 11.5 Å². The highest BCUT2D eigenvalue weighted by Crippen LogP contribution is 2.22. The highest BCUT2D eigenvalue weighted by atomic mass is 32.2. The van der Waals surface area contributed by atoms with Gasteiger partial charge in [-0.2, -0.15) is 4.72 Å². The van der Waals surface area contributed by atoms with Gasteiger partial charge in [0.15, 0.2) is 0 Å². The van der Waals surface area contributed by atoms with Gasteiger partial charge in [-0.15, -0.1) is 0 Å². The van der Waals surface area contributed by atoms with Crippen molar-refractivity contribution in [3.05, 3.63) is 89.7 Å². The molecule has 1 amide bonds. The molecule has 3 aromatic rings. The monoisotopic (exact) mass is 456 g/mol. The Kier molecular flexibility index (Phi) is 7.61. The molecule has 8 heteroatoms. The summed E-state index contributed by atoms with van der Waals surface area (Å²) in [7, 11) is -4.02. The Bertz CT molecular complexity index is 1180. The van der Waals surface area contributed by atoms with Gasteiger partial charge in [-0.05, 0) is 67.8 Å². The maximum absolute atomic E-state index is 13.5. The van der Waals surface area contributed by atoms with E-state index in [2.05, 4.69) is 10.0 Å². The van der Waals surface area contributed by atoms with Crippen LogP contribution in [0.4, 0.5) is 10.1 Å². The van der Waals surface area contributed by atoms with Crippen molar-refractivity contribution in [1.29, 1.82) is 0 Å². The second-order valence-electron chi connectivity index (χ2n) is 7.22. The van der Waals surface area contributed by atoms with E-state index in [1.54, 1.807) is 37.3 Å². The Labute approximate surface area is 187 Å². The van der Waals surface area contributed by atoms with E-state index in [1.165, 1.54) is 36.4 Å². The molecule has 1 atom stereocenters. The fourth-order valence-corrected chi connectivity index (χ4v) is 4.48. The minimum atomic E-state index is -4.02. The summed E-state index contributed by atoms with van der Waals surface area (Å²) in [6.45, 7) is 4.06. The molecule has 0 saturated heterocycles. The third kappa shape index (κ3) is 6.15. The highest BCUT2D eigenvalue weighted by molar-refractivity contribution is 7.89. The van der Waals surface area contributed by atoms with E-state index in [1.807, 2.05) is 13.0 Å². The van der Waals surface area contributed by atoms with Crippen LogP contribution in [0.15, 0.2) is 77.7 Å². The Hall–Kier alpha value is -3.23. The normalized spacial score (nSPS) is 12.2. The number of benzene rings is 3. The number of sulfonamides is 1. The van der Waals surface area contributed by atoms with Gasteiger partial charge in [-0.1, -0.05) is 36.4 Å². The summed E-state index contributed by atoms with van der Waals surface area (Å²) in [5.74, 6) is -0.505. The summed E-state index contributed by atoms with van der Waals surface area (Å²) in [6.07, 6.45) is 0.122. The van der Waals surface area contributed by atoms with Gasteiger partial charge in [0, 0.05) is 5.69 Å². The van der Waals surface area contributed by atoms with E-state index in [4.69, 9.17) is 4.74 Å². The van der Waals surface area contributed by atoms with Crippen LogP contribution in [-0.4, -0.2) is 27.0 Å². The number of nitrogens with one attached hydrogen (secondary N) is 2. The molecular weight excluding hydrogens is 431 g/mol. The van der Waals surface area contributed by atoms with Crippen LogP contribution >= 0.6 is 0 Å². The van der Waals surface area contributed by atoms with E-state index in [0.29, 0.717) is 17.9 Å². The molecule has 0 aliphatic carbocycles. The lowest BCUT2D eigenvalue weighted by Gasteiger charge is -2.19. The lowest BCUT2D eigenvalue weighted by molar-refractivity contribution is -0.117. The molecule has 168 valence electrons. The third-order valence-corrected chi connectivity index (χ3v) is 6.21. The zero-order valence-electron chi connectivity index (χ0n) is 17.8. The largest absolute Gasteiger partial charge is 0.494 e. The van der Waals surface area contributed by atoms with Gasteiger partial charge in [0.25, 0.3) is 0 Å². The summed E-state index contributed by atoms with van der Waals surface area (Å²) in [5.41, 5.74) is 1.68. The molecule has 2 N–H and O–H groups in total. The lowest BCUT2D eigenvalue weighted by Crippen LogP contribution is -2.45. The van der Waals surface area contributed by atoms with Crippen molar-refractivity contribution in [2.24, 2.45) is 0 Å². The molecule has 0 heterocycles. The van der Waals surface area contributed by atoms with Gasteiger partial charge >= 0.3 is 0 Å². The van der Waals surface area contributed by atoms with Gasteiger partial charge < -0.3 is 10.1 Å². The van der Waals surface area contributed by atoms with Crippen LogP contribution in [0.5, 0.6) is 5.75 Å². The minimum Gasteiger partial charge on any atom is -0.494 e. The molecule has 0 radical (unpaired) electrons. The van der Waals surface area contributed by atoms with Crippen LogP contribution in [0.1, 0.15) is 18.1 Å². The number of halogens is 1. The molecule has 0 aromatic heterocycles. The second-order valence-corrected chi connectivity index (χ2v) is 8.94. The van der Waals surface area contributed by atoms with Gasteiger partial charge in [0.2, 0.25) is 15.9 Å². The lowest BCUT2D eigenvalue weighted by atomic mass is 10.1. The quantitative estimate of drug-likeness (QED) is 0.509. The number of aryl methyl sites for hydroxylation is 1. The number of ether oxygens (including phenoxy) is 1. The summed E-state index contributed by atoms with van der Waals surface area (Å²) >= 11 is 0. The first kappa shape index (κ1) is 23.4. The Balaban J connectivity index is 1.87. The minimum absolute atomic E-state index is 0.0232. The number of amides is 1. The van der Waals surface area contributed by atoms with Crippen molar-refractivity contribution in [3.8, 4) is 5.75 Å². The van der Waals surface area contributed by atoms with Crippen LogP contribution < -0.4 is 14.8 Å². The molecule has 32 heavy (non-hydrogen) atoms. The Morgan fingerprint density at radius 1 is 1.03 bits per heavy atom. The van der Waals surface area contributed by atoms with Crippen LogP contribution in [0.25, 0.3) is 0 Å². The standard InChI is InChI=1S/C24H25FN2O4S/c1-3-31-23-13-12-21(14-17(23)2)32(29,30)27-22(15-18-8-5-4-6-9-18)24(28)26-20-11-7-10-19(25)16-20/h4-14,16,22,27H,3,15H2,1-2H3,(H,26,28)/t22-/m1/s1. The summed E-state index contributed by atoms with van der Waals surface area (Å²) in [5, 5.41) is 2.59. The van der Waals surface area contributed by atoms with E-state index in [-0.39, 0.29) is 17.0 Å². The number of carbonyl (C=O) groups excluding carboxylic acids is 1. The van der Waals surface area contributed by atoms with E-state index in [0.717, 1.165) is 5.56 Å². The molecule has 0 aliphatic heterocycles.